The van der Waals surface area contributed by atoms with Gasteiger partial charge in [-0.3, -0.25) is 4.79 Å². The van der Waals surface area contributed by atoms with Crippen LogP contribution in [0.1, 0.15) is 39.7 Å². The Hall–Kier alpha value is -2.87. The van der Waals surface area contributed by atoms with Gasteiger partial charge >= 0.3 is 5.97 Å². The predicted molar refractivity (Wildman–Crippen MR) is 103 cm³/mol. The van der Waals surface area contributed by atoms with Crippen LogP contribution in [0, 0.1) is 13.8 Å². The van der Waals surface area contributed by atoms with Crippen molar-refractivity contribution in [3.05, 3.63) is 50.4 Å². The number of aryl methyl sites for hydroxylation is 2. The summed E-state index contributed by atoms with van der Waals surface area (Å²) in [5, 5.41) is 0.578. The molecule has 142 valence electrons. The third-order valence-corrected chi connectivity index (χ3v) is 5.45. The van der Waals surface area contributed by atoms with Crippen LogP contribution in [0.3, 0.4) is 0 Å². The highest BCUT2D eigenvalue weighted by molar-refractivity contribution is 7.18. The lowest BCUT2D eigenvalue weighted by molar-refractivity contribution is 0.0316. The molecule has 1 aromatic carbocycles. The van der Waals surface area contributed by atoms with Crippen LogP contribution in [0.5, 0.6) is 11.5 Å². The van der Waals surface area contributed by atoms with E-state index in [1.54, 1.807) is 25.1 Å². The van der Waals surface area contributed by atoms with Crippen LogP contribution in [-0.4, -0.2) is 30.2 Å². The number of esters is 1. The molecule has 3 aromatic rings. The van der Waals surface area contributed by atoms with Crippen LogP contribution in [0.4, 0.5) is 0 Å². The second kappa shape index (κ2) is 7.40. The van der Waals surface area contributed by atoms with Crippen molar-refractivity contribution in [2.45, 2.75) is 26.9 Å². The summed E-state index contributed by atoms with van der Waals surface area (Å²) in [6.07, 6.45) is -0.742. The highest BCUT2D eigenvalue weighted by Gasteiger charge is 2.21. The third-order valence-electron chi connectivity index (χ3n) is 4.35. The van der Waals surface area contributed by atoms with Crippen molar-refractivity contribution >= 4 is 27.5 Å². The molecule has 0 aliphatic carbocycles. The summed E-state index contributed by atoms with van der Waals surface area (Å²) in [6.45, 7) is 5.49. The van der Waals surface area contributed by atoms with Crippen molar-refractivity contribution in [2.24, 2.45) is 0 Å². The summed E-state index contributed by atoms with van der Waals surface area (Å²) in [5.74, 6) is 0.575. The number of aromatic amines is 1. The van der Waals surface area contributed by atoms with Crippen LogP contribution in [-0.2, 0) is 4.74 Å². The first-order chi connectivity index (χ1) is 12.8. The Morgan fingerprint density at radius 3 is 2.63 bits per heavy atom. The maximum atomic E-state index is 12.6. The third kappa shape index (κ3) is 3.52. The Bertz CT molecular complexity index is 1070. The molecule has 7 nitrogen and oxygen atoms in total. The Balaban J connectivity index is 1.91. The lowest BCUT2D eigenvalue weighted by Gasteiger charge is -2.14. The number of aromatic nitrogens is 2. The van der Waals surface area contributed by atoms with Crippen molar-refractivity contribution in [3.63, 3.8) is 0 Å². The Kier molecular flexibility index (Phi) is 5.18. The van der Waals surface area contributed by atoms with E-state index < -0.39 is 12.1 Å². The molecule has 0 aliphatic heterocycles. The molecule has 27 heavy (non-hydrogen) atoms. The minimum atomic E-state index is -0.742. The highest BCUT2D eigenvalue weighted by Crippen LogP contribution is 2.29. The van der Waals surface area contributed by atoms with Gasteiger partial charge in [0.25, 0.3) is 5.56 Å². The zero-order valence-corrected chi connectivity index (χ0v) is 16.5. The summed E-state index contributed by atoms with van der Waals surface area (Å²) in [7, 11) is 2.98. The Morgan fingerprint density at radius 2 is 1.96 bits per heavy atom. The van der Waals surface area contributed by atoms with Crippen LogP contribution in [0.15, 0.2) is 23.0 Å². The molecular formula is C19H20N2O5S. The quantitative estimate of drug-likeness (QED) is 0.673. The van der Waals surface area contributed by atoms with E-state index in [4.69, 9.17) is 14.2 Å². The summed E-state index contributed by atoms with van der Waals surface area (Å²) >= 11 is 1.44. The lowest BCUT2D eigenvalue weighted by Crippen LogP contribution is -2.17. The van der Waals surface area contributed by atoms with E-state index >= 15 is 0 Å². The molecule has 0 radical (unpaired) electrons. The fourth-order valence-electron chi connectivity index (χ4n) is 2.72. The minimum absolute atomic E-state index is 0.231. The molecule has 0 aliphatic rings. The predicted octanol–water partition coefficient (Wildman–Crippen LogP) is 3.54. The molecule has 2 aromatic heterocycles. The second-order valence-electron chi connectivity index (χ2n) is 6.03. The van der Waals surface area contributed by atoms with Crippen molar-refractivity contribution in [1.29, 1.82) is 0 Å². The van der Waals surface area contributed by atoms with E-state index in [1.165, 1.54) is 25.6 Å². The van der Waals surface area contributed by atoms with E-state index in [1.807, 2.05) is 13.8 Å². The molecule has 0 fully saturated rings. The van der Waals surface area contributed by atoms with Gasteiger partial charge in [0.1, 0.15) is 21.9 Å². The van der Waals surface area contributed by atoms with Crippen molar-refractivity contribution < 1.29 is 19.0 Å². The van der Waals surface area contributed by atoms with E-state index in [9.17, 15) is 9.59 Å². The molecule has 0 amide bonds. The van der Waals surface area contributed by atoms with Crippen LogP contribution in [0.2, 0.25) is 0 Å². The van der Waals surface area contributed by atoms with Crippen LogP contribution < -0.4 is 15.0 Å². The monoisotopic (exact) mass is 388 g/mol. The summed E-state index contributed by atoms with van der Waals surface area (Å²) in [6, 6.07) is 4.86. The second-order valence-corrected chi connectivity index (χ2v) is 7.23. The van der Waals surface area contributed by atoms with Gasteiger partial charge in [-0.15, -0.1) is 11.3 Å². The number of H-pyrrole nitrogens is 1. The number of nitrogens with zero attached hydrogens (tertiary/aromatic N) is 1. The topological polar surface area (TPSA) is 90.5 Å². The Morgan fingerprint density at radius 1 is 1.22 bits per heavy atom. The lowest BCUT2D eigenvalue weighted by atomic mass is 10.2. The van der Waals surface area contributed by atoms with Crippen LogP contribution >= 0.6 is 11.3 Å². The van der Waals surface area contributed by atoms with E-state index in [-0.39, 0.29) is 11.1 Å². The number of hydrogen-bond donors (Lipinski definition) is 1. The molecule has 0 saturated carbocycles. The number of methoxy groups -OCH3 is 2. The van der Waals surface area contributed by atoms with Gasteiger partial charge in [-0.05, 0) is 44.5 Å². The number of benzene rings is 1. The van der Waals surface area contributed by atoms with Crippen molar-refractivity contribution in [3.8, 4) is 11.5 Å². The fraction of sp³-hybridized carbons (Fsp3) is 0.316. The van der Waals surface area contributed by atoms with Gasteiger partial charge in [-0.25, -0.2) is 9.78 Å². The van der Waals surface area contributed by atoms with Crippen molar-refractivity contribution in [1.82, 2.24) is 9.97 Å². The summed E-state index contributed by atoms with van der Waals surface area (Å²) in [5.41, 5.74) is 0.912. The summed E-state index contributed by atoms with van der Waals surface area (Å²) < 4.78 is 15.9. The molecule has 8 heteroatoms. The van der Waals surface area contributed by atoms with Gasteiger partial charge in [-0.2, -0.15) is 0 Å². The first-order valence-electron chi connectivity index (χ1n) is 8.28. The molecule has 2 heterocycles. The van der Waals surface area contributed by atoms with E-state index in [2.05, 4.69) is 9.97 Å². The van der Waals surface area contributed by atoms with Gasteiger partial charge in [0, 0.05) is 4.88 Å². The number of nitrogens with one attached hydrogen (secondary N) is 1. The average Bonchev–Trinajstić information content (AvgIpc) is 2.95. The molecule has 1 N–H and O–H groups in total. The van der Waals surface area contributed by atoms with E-state index in [0.717, 1.165) is 10.4 Å². The smallest absolute Gasteiger partial charge is 0.342 e. The SMILES string of the molecule is COc1ccc(OC)c(C(=O)O[C@@H](C)c2nc3sc(C)c(C)c3c(=O)[nH]2)c1. The number of carbonyl (C=O) groups is 1. The molecule has 0 saturated heterocycles. The number of fused-ring (bicyclic) bond motifs is 1. The number of rotatable bonds is 5. The minimum Gasteiger partial charge on any atom is -0.497 e. The number of hydrogen-bond acceptors (Lipinski definition) is 7. The average molecular weight is 388 g/mol. The molecule has 0 unspecified atom stereocenters. The highest BCUT2D eigenvalue weighted by atomic mass is 32.1. The normalized spacial score (nSPS) is 12.0. The molecular weight excluding hydrogens is 368 g/mol. The molecule has 0 spiro atoms. The number of ether oxygens (including phenoxy) is 3. The maximum Gasteiger partial charge on any atom is 0.342 e. The fourth-order valence-corrected chi connectivity index (χ4v) is 3.75. The largest absolute Gasteiger partial charge is 0.497 e. The first kappa shape index (κ1) is 18.9. The summed E-state index contributed by atoms with van der Waals surface area (Å²) in [4.78, 5) is 33.9. The van der Waals surface area contributed by atoms with Gasteiger partial charge in [-0.1, -0.05) is 0 Å². The van der Waals surface area contributed by atoms with Crippen LogP contribution in [0.25, 0.3) is 10.2 Å². The molecule has 3 rings (SSSR count). The number of carbonyl (C=O) groups excluding carboxylic acids is 1. The zero-order valence-electron chi connectivity index (χ0n) is 15.7. The van der Waals surface area contributed by atoms with E-state index in [0.29, 0.717) is 27.5 Å². The van der Waals surface area contributed by atoms with Crippen molar-refractivity contribution in [2.75, 3.05) is 14.2 Å². The van der Waals surface area contributed by atoms with Gasteiger partial charge in [0.2, 0.25) is 0 Å². The standard InChI is InChI=1S/C19H20N2O5S/c1-9-11(3)27-18-15(9)17(22)20-16(21-18)10(2)26-19(23)13-8-12(24-4)6-7-14(13)25-5/h6-8,10H,1-5H3,(H,20,21,22)/t10-/m0/s1. The zero-order chi connectivity index (χ0) is 19.7. The Labute approximate surface area is 159 Å². The molecule has 1 atom stereocenters. The number of thiophene rings is 1. The van der Waals surface area contributed by atoms with Gasteiger partial charge in [0.15, 0.2) is 11.9 Å². The van der Waals surface area contributed by atoms with Gasteiger partial charge in [0.05, 0.1) is 19.6 Å². The van der Waals surface area contributed by atoms with Gasteiger partial charge < -0.3 is 19.2 Å². The first-order valence-corrected chi connectivity index (χ1v) is 9.10. The maximum absolute atomic E-state index is 12.6. The molecule has 0 bridgehead atoms.